The summed E-state index contributed by atoms with van der Waals surface area (Å²) in [6.45, 7) is 6.42. The molecule has 0 aromatic carbocycles. The van der Waals surface area contributed by atoms with Crippen molar-refractivity contribution in [3.8, 4) is 0 Å². The van der Waals surface area contributed by atoms with Crippen molar-refractivity contribution < 1.29 is 0 Å². The van der Waals surface area contributed by atoms with Gasteiger partial charge in [0, 0.05) is 31.2 Å². The van der Waals surface area contributed by atoms with E-state index in [1.54, 1.807) is 0 Å². The topological polar surface area (TPSA) is 41.3 Å². The molecule has 1 aliphatic rings. The number of nitrogens with two attached hydrogens (primary N) is 1. The summed E-state index contributed by atoms with van der Waals surface area (Å²) in [6, 6.07) is 1.33. The summed E-state index contributed by atoms with van der Waals surface area (Å²) in [5.74, 6) is 0. The van der Waals surface area contributed by atoms with E-state index in [9.17, 15) is 0 Å². The Morgan fingerprint density at radius 2 is 2.09 bits per heavy atom. The van der Waals surface area contributed by atoms with Crippen LogP contribution in [0.15, 0.2) is 0 Å². The van der Waals surface area contributed by atoms with Gasteiger partial charge in [-0.15, -0.1) is 0 Å². The molecule has 0 radical (unpaired) electrons. The molecule has 66 valence electrons. The highest BCUT2D eigenvalue weighted by atomic mass is 15.2. The van der Waals surface area contributed by atoms with Gasteiger partial charge in [-0.1, -0.05) is 13.8 Å². The van der Waals surface area contributed by atoms with Gasteiger partial charge in [-0.2, -0.15) is 0 Å². The van der Waals surface area contributed by atoms with Gasteiger partial charge >= 0.3 is 0 Å². The van der Waals surface area contributed by atoms with Crippen molar-refractivity contribution >= 4 is 0 Å². The van der Waals surface area contributed by atoms with Crippen LogP contribution in [0.25, 0.3) is 0 Å². The summed E-state index contributed by atoms with van der Waals surface area (Å²) in [5.41, 5.74) is 5.91. The van der Waals surface area contributed by atoms with Crippen molar-refractivity contribution in [1.29, 1.82) is 0 Å². The summed E-state index contributed by atoms with van der Waals surface area (Å²) in [7, 11) is 2.11. The molecule has 1 fully saturated rings. The van der Waals surface area contributed by atoms with Gasteiger partial charge in [0.2, 0.25) is 0 Å². The second-order valence-corrected chi connectivity index (χ2v) is 3.81. The van der Waals surface area contributed by atoms with E-state index in [0.29, 0.717) is 18.1 Å². The van der Waals surface area contributed by atoms with Crippen LogP contribution >= 0.6 is 0 Å². The lowest BCUT2D eigenvalue weighted by Gasteiger charge is -2.18. The van der Waals surface area contributed by atoms with Crippen molar-refractivity contribution in [1.82, 2.24) is 10.2 Å². The Morgan fingerprint density at radius 1 is 1.45 bits per heavy atom. The summed E-state index contributed by atoms with van der Waals surface area (Å²) in [5, 5.41) is 3.46. The number of rotatable bonds is 2. The van der Waals surface area contributed by atoms with Crippen LogP contribution < -0.4 is 11.1 Å². The molecule has 0 spiro atoms. The molecular weight excluding hydrogens is 138 g/mol. The van der Waals surface area contributed by atoms with E-state index in [0.717, 1.165) is 13.1 Å². The Kier molecular flexibility index (Phi) is 2.87. The van der Waals surface area contributed by atoms with Gasteiger partial charge in [-0.3, -0.25) is 0 Å². The van der Waals surface area contributed by atoms with Crippen LogP contribution in [-0.4, -0.2) is 43.2 Å². The molecule has 1 heterocycles. The molecule has 1 rings (SSSR count). The van der Waals surface area contributed by atoms with Crippen molar-refractivity contribution in [3.63, 3.8) is 0 Å². The maximum atomic E-state index is 5.91. The largest absolute Gasteiger partial charge is 0.325 e. The fourth-order valence-corrected chi connectivity index (χ4v) is 1.64. The third kappa shape index (κ3) is 2.43. The fraction of sp³-hybridized carbons (Fsp3) is 1.00. The number of nitrogens with one attached hydrogen (secondary N) is 1. The summed E-state index contributed by atoms with van der Waals surface area (Å²) in [4.78, 5) is 2.27. The first-order chi connectivity index (χ1) is 5.09. The van der Waals surface area contributed by atoms with E-state index in [4.69, 9.17) is 5.73 Å². The van der Waals surface area contributed by atoms with Crippen molar-refractivity contribution in [2.45, 2.75) is 32.0 Å². The number of nitrogens with zero attached hydrogens (tertiary/aromatic N) is 1. The monoisotopic (exact) mass is 157 g/mol. The maximum absolute atomic E-state index is 5.91. The van der Waals surface area contributed by atoms with Crippen LogP contribution in [0.5, 0.6) is 0 Å². The molecule has 2 atom stereocenters. The smallest absolute Gasteiger partial charge is 0.0361 e. The zero-order valence-electron chi connectivity index (χ0n) is 7.67. The standard InChI is InChI=1S/C8H19N3/c1-6(2)10-8-5-11(3)4-7(8)9/h6-8,10H,4-5,9H2,1-3H3. The molecule has 0 aliphatic carbocycles. The molecule has 3 heteroatoms. The van der Waals surface area contributed by atoms with Crippen molar-refractivity contribution in [3.05, 3.63) is 0 Å². The molecule has 2 unspecified atom stereocenters. The summed E-state index contributed by atoms with van der Waals surface area (Å²) < 4.78 is 0. The third-order valence-electron chi connectivity index (χ3n) is 2.10. The highest BCUT2D eigenvalue weighted by Gasteiger charge is 2.27. The number of hydrogen-bond donors (Lipinski definition) is 2. The van der Waals surface area contributed by atoms with Crippen LogP contribution in [0.2, 0.25) is 0 Å². The average molecular weight is 157 g/mol. The quantitative estimate of drug-likeness (QED) is 0.574. The molecule has 0 bridgehead atoms. The van der Waals surface area contributed by atoms with Gasteiger partial charge in [0.05, 0.1) is 0 Å². The van der Waals surface area contributed by atoms with Crippen molar-refractivity contribution in [2.75, 3.05) is 20.1 Å². The second-order valence-electron chi connectivity index (χ2n) is 3.81. The molecule has 1 aliphatic heterocycles. The number of likely N-dealkylation sites (N-methyl/N-ethyl adjacent to an activating group) is 1. The van der Waals surface area contributed by atoms with Crippen molar-refractivity contribution in [2.24, 2.45) is 5.73 Å². The average Bonchev–Trinajstić information content (AvgIpc) is 2.09. The highest BCUT2D eigenvalue weighted by molar-refractivity contribution is 4.91. The fourth-order valence-electron chi connectivity index (χ4n) is 1.64. The second kappa shape index (κ2) is 3.52. The van der Waals surface area contributed by atoms with E-state index in [-0.39, 0.29) is 0 Å². The molecule has 0 amide bonds. The summed E-state index contributed by atoms with van der Waals surface area (Å²) in [6.07, 6.45) is 0. The minimum Gasteiger partial charge on any atom is -0.325 e. The molecule has 0 saturated carbocycles. The molecular formula is C8H19N3. The van der Waals surface area contributed by atoms with Gasteiger partial charge < -0.3 is 16.0 Å². The first-order valence-electron chi connectivity index (χ1n) is 4.29. The minimum absolute atomic E-state index is 0.308. The third-order valence-corrected chi connectivity index (χ3v) is 2.10. The molecule has 1 saturated heterocycles. The lowest BCUT2D eigenvalue weighted by Crippen LogP contribution is -2.46. The Hall–Kier alpha value is -0.120. The first-order valence-corrected chi connectivity index (χ1v) is 4.29. The predicted molar refractivity (Wildman–Crippen MR) is 47.5 cm³/mol. The molecule has 0 aromatic heterocycles. The number of likely N-dealkylation sites (tertiary alicyclic amines) is 1. The number of hydrogen-bond acceptors (Lipinski definition) is 3. The Morgan fingerprint density at radius 3 is 2.45 bits per heavy atom. The SMILES string of the molecule is CC(C)NC1CN(C)CC1N. The first kappa shape index (κ1) is 8.97. The zero-order chi connectivity index (χ0) is 8.43. The minimum atomic E-state index is 0.308. The van der Waals surface area contributed by atoms with Crippen LogP contribution in [0.3, 0.4) is 0 Å². The van der Waals surface area contributed by atoms with Crippen LogP contribution in [0, 0.1) is 0 Å². The van der Waals surface area contributed by atoms with Crippen LogP contribution in [0.4, 0.5) is 0 Å². The lowest BCUT2D eigenvalue weighted by molar-refractivity contribution is 0.389. The zero-order valence-corrected chi connectivity index (χ0v) is 7.67. The van der Waals surface area contributed by atoms with Gasteiger partial charge in [0.25, 0.3) is 0 Å². The normalized spacial score (nSPS) is 33.5. The molecule has 3 N–H and O–H groups in total. The van der Waals surface area contributed by atoms with E-state index in [1.165, 1.54) is 0 Å². The Bertz CT molecular complexity index is 125. The van der Waals surface area contributed by atoms with E-state index in [2.05, 4.69) is 31.1 Å². The van der Waals surface area contributed by atoms with Gasteiger partial charge in [-0.25, -0.2) is 0 Å². The predicted octanol–water partition coefficient (Wildman–Crippen LogP) is -0.374. The van der Waals surface area contributed by atoms with Gasteiger partial charge in [-0.05, 0) is 7.05 Å². The lowest BCUT2D eigenvalue weighted by atomic mass is 10.1. The van der Waals surface area contributed by atoms with Gasteiger partial charge in [0.15, 0.2) is 0 Å². The van der Waals surface area contributed by atoms with E-state index >= 15 is 0 Å². The van der Waals surface area contributed by atoms with Gasteiger partial charge in [0.1, 0.15) is 0 Å². The van der Waals surface area contributed by atoms with Crippen LogP contribution in [-0.2, 0) is 0 Å². The molecule has 3 nitrogen and oxygen atoms in total. The molecule has 11 heavy (non-hydrogen) atoms. The summed E-state index contributed by atoms with van der Waals surface area (Å²) >= 11 is 0. The maximum Gasteiger partial charge on any atom is 0.0361 e. The highest BCUT2D eigenvalue weighted by Crippen LogP contribution is 2.05. The molecule has 0 aromatic rings. The van der Waals surface area contributed by atoms with E-state index < -0.39 is 0 Å². The Labute approximate surface area is 68.9 Å². The van der Waals surface area contributed by atoms with E-state index in [1.807, 2.05) is 0 Å². The van der Waals surface area contributed by atoms with Crippen LogP contribution in [0.1, 0.15) is 13.8 Å². The Balaban J connectivity index is 2.34.